The standard InChI is InChI=1S/C16H26N2O/c1-4-5-10-18(2)15-9-6-13(11-16(15)19-3)12-17-14-7-8-14/h6,9,11,14,17H,4-5,7-8,10,12H2,1-3H3. The van der Waals surface area contributed by atoms with Crippen LogP contribution in [0.25, 0.3) is 0 Å². The van der Waals surface area contributed by atoms with E-state index in [1.54, 1.807) is 7.11 Å². The van der Waals surface area contributed by atoms with Crippen molar-refractivity contribution in [1.82, 2.24) is 5.32 Å². The van der Waals surface area contributed by atoms with Crippen LogP contribution < -0.4 is 15.0 Å². The summed E-state index contributed by atoms with van der Waals surface area (Å²) < 4.78 is 5.54. The Bertz CT molecular complexity index is 402. The van der Waals surface area contributed by atoms with Gasteiger partial charge in [0.1, 0.15) is 5.75 Å². The molecule has 0 heterocycles. The number of anilines is 1. The van der Waals surface area contributed by atoms with Gasteiger partial charge < -0.3 is 15.0 Å². The quantitative estimate of drug-likeness (QED) is 0.778. The van der Waals surface area contributed by atoms with Crippen LogP contribution in [0.5, 0.6) is 5.75 Å². The molecular weight excluding hydrogens is 236 g/mol. The number of nitrogens with one attached hydrogen (secondary N) is 1. The Morgan fingerprint density at radius 2 is 2.16 bits per heavy atom. The van der Waals surface area contributed by atoms with Gasteiger partial charge in [-0.05, 0) is 37.0 Å². The van der Waals surface area contributed by atoms with Crippen molar-refractivity contribution >= 4 is 5.69 Å². The van der Waals surface area contributed by atoms with E-state index in [4.69, 9.17) is 4.74 Å². The van der Waals surface area contributed by atoms with Gasteiger partial charge >= 0.3 is 0 Å². The van der Waals surface area contributed by atoms with E-state index < -0.39 is 0 Å². The van der Waals surface area contributed by atoms with E-state index in [9.17, 15) is 0 Å². The molecular formula is C16H26N2O. The third-order valence-electron chi connectivity index (χ3n) is 3.67. The zero-order chi connectivity index (χ0) is 13.7. The van der Waals surface area contributed by atoms with Crippen LogP contribution in [0.3, 0.4) is 0 Å². The van der Waals surface area contributed by atoms with Crippen molar-refractivity contribution in [3.05, 3.63) is 23.8 Å². The monoisotopic (exact) mass is 262 g/mol. The van der Waals surface area contributed by atoms with Crippen molar-refractivity contribution in [2.24, 2.45) is 0 Å². The van der Waals surface area contributed by atoms with Crippen molar-refractivity contribution in [1.29, 1.82) is 0 Å². The predicted octanol–water partition coefficient (Wildman–Crippen LogP) is 3.18. The Balaban J connectivity index is 2.01. The number of hydrogen-bond donors (Lipinski definition) is 1. The Morgan fingerprint density at radius 3 is 2.79 bits per heavy atom. The van der Waals surface area contributed by atoms with Gasteiger partial charge in [-0.2, -0.15) is 0 Å². The summed E-state index contributed by atoms with van der Waals surface area (Å²) in [5.74, 6) is 0.980. The van der Waals surface area contributed by atoms with E-state index in [0.29, 0.717) is 0 Å². The van der Waals surface area contributed by atoms with Crippen LogP contribution in [0.1, 0.15) is 38.2 Å². The minimum Gasteiger partial charge on any atom is -0.495 e. The molecule has 0 aromatic heterocycles. The van der Waals surface area contributed by atoms with Crippen molar-refractivity contribution in [3.8, 4) is 5.75 Å². The molecule has 0 unspecified atom stereocenters. The van der Waals surface area contributed by atoms with Gasteiger partial charge in [-0.1, -0.05) is 19.4 Å². The number of benzene rings is 1. The highest BCUT2D eigenvalue weighted by molar-refractivity contribution is 5.59. The van der Waals surface area contributed by atoms with Crippen LogP contribution in [0, 0.1) is 0 Å². The van der Waals surface area contributed by atoms with Crippen molar-refractivity contribution in [2.45, 2.75) is 45.2 Å². The second kappa shape index (κ2) is 6.80. The number of ether oxygens (including phenoxy) is 1. The fourth-order valence-corrected chi connectivity index (χ4v) is 2.21. The van der Waals surface area contributed by atoms with Gasteiger partial charge in [-0.25, -0.2) is 0 Å². The molecule has 19 heavy (non-hydrogen) atoms. The lowest BCUT2D eigenvalue weighted by molar-refractivity contribution is 0.414. The molecule has 1 fully saturated rings. The average Bonchev–Trinajstić information content (AvgIpc) is 3.26. The molecule has 3 nitrogen and oxygen atoms in total. The maximum absolute atomic E-state index is 5.54. The number of hydrogen-bond acceptors (Lipinski definition) is 3. The second-order valence-electron chi connectivity index (χ2n) is 5.44. The summed E-state index contributed by atoms with van der Waals surface area (Å²) in [6.45, 7) is 4.24. The first-order valence-corrected chi connectivity index (χ1v) is 7.36. The van der Waals surface area contributed by atoms with Crippen LogP contribution >= 0.6 is 0 Å². The van der Waals surface area contributed by atoms with E-state index in [0.717, 1.165) is 24.9 Å². The highest BCUT2D eigenvalue weighted by Crippen LogP contribution is 2.29. The van der Waals surface area contributed by atoms with E-state index in [1.807, 2.05) is 0 Å². The lowest BCUT2D eigenvalue weighted by Crippen LogP contribution is -2.19. The van der Waals surface area contributed by atoms with Crippen LogP contribution in [0.15, 0.2) is 18.2 Å². The summed E-state index contributed by atoms with van der Waals surface area (Å²) in [7, 11) is 3.89. The second-order valence-corrected chi connectivity index (χ2v) is 5.44. The van der Waals surface area contributed by atoms with E-state index in [-0.39, 0.29) is 0 Å². The van der Waals surface area contributed by atoms with Crippen LogP contribution in [0.2, 0.25) is 0 Å². The fourth-order valence-electron chi connectivity index (χ4n) is 2.21. The minimum atomic E-state index is 0.748. The first kappa shape index (κ1) is 14.2. The van der Waals surface area contributed by atoms with Gasteiger partial charge in [0.2, 0.25) is 0 Å². The summed E-state index contributed by atoms with van der Waals surface area (Å²) in [5.41, 5.74) is 2.49. The highest BCUT2D eigenvalue weighted by Gasteiger charge is 2.20. The van der Waals surface area contributed by atoms with Gasteiger partial charge in [0.25, 0.3) is 0 Å². The Morgan fingerprint density at radius 1 is 1.37 bits per heavy atom. The molecule has 0 aliphatic heterocycles. The molecule has 0 spiro atoms. The molecule has 3 heteroatoms. The first-order valence-electron chi connectivity index (χ1n) is 7.36. The minimum absolute atomic E-state index is 0.748. The van der Waals surface area contributed by atoms with Gasteiger partial charge in [-0.3, -0.25) is 0 Å². The molecule has 1 saturated carbocycles. The molecule has 106 valence electrons. The van der Waals surface area contributed by atoms with Gasteiger partial charge in [0.05, 0.1) is 12.8 Å². The summed E-state index contributed by atoms with van der Waals surface area (Å²) in [6.07, 6.45) is 5.09. The van der Waals surface area contributed by atoms with E-state index in [1.165, 1.54) is 36.9 Å². The summed E-state index contributed by atoms with van der Waals surface area (Å²) in [6, 6.07) is 7.29. The smallest absolute Gasteiger partial charge is 0.142 e. The molecule has 1 aliphatic carbocycles. The average molecular weight is 262 g/mol. The maximum atomic E-state index is 5.54. The Hall–Kier alpha value is -1.22. The summed E-state index contributed by atoms with van der Waals surface area (Å²) >= 11 is 0. The molecule has 1 aromatic carbocycles. The topological polar surface area (TPSA) is 24.5 Å². The van der Waals surface area contributed by atoms with Gasteiger partial charge in [-0.15, -0.1) is 0 Å². The molecule has 0 saturated heterocycles. The zero-order valence-electron chi connectivity index (χ0n) is 12.4. The lowest BCUT2D eigenvalue weighted by Gasteiger charge is -2.22. The number of methoxy groups -OCH3 is 1. The largest absolute Gasteiger partial charge is 0.495 e. The van der Waals surface area contributed by atoms with Gasteiger partial charge in [0, 0.05) is 26.2 Å². The molecule has 0 radical (unpaired) electrons. The molecule has 0 atom stereocenters. The molecule has 0 bridgehead atoms. The lowest BCUT2D eigenvalue weighted by atomic mass is 10.1. The zero-order valence-corrected chi connectivity index (χ0v) is 12.4. The third kappa shape index (κ3) is 4.13. The molecule has 1 aliphatic rings. The summed E-state index contributed by atoms with van der Waals surface area (Å²) in [5, 5.41) is 3.54. The number of unbranched alkanes of at least 4 members (excludes halogenated alkanes) is 1. The highest BCUT2D eigenvalue weighted by atomic mass is 16.5. The number of rotatable bonds is 8. The molecule has 2 rings (SSSR count). The van der Waals surface area contributed by atoms with E-state index in [2.05, 4.69) is 42.4 Å². The van der Waals surface area contributed by atoms with Crippen LogP contribution in [-0.4, -0.2) is 26.7 Å². The molecule has 1 aromatic rings. The van der Waals surface area contributed by atoms with Gasteiger partial charge in [0.15, 0.2) is 0 Å². The van der Waals surface area contributed by atoms with Crippen molar-refractivity contribution in [2.75, 3.05) is 25.6 Å². The normalized spacial score (nSPS) is 14.5. The Labute approximate surface area is 116 Å². The van der Waals surface area contributed by atoms with Crippen molar-refractivity contribution < 1.29 is 4.74 Å². The first-order chi connectivity index (χ1) is 9.24. The third-order valence-corrected chi connectivity index (χ3v) is 3.67. The Kier molecular flexibility index (Phi) is 5.08. The van der Waals surface area contributed by atoms with Crippen LogP contribution in [0.4, 0.5) is 5.69 Å². The number of nitrogens with zero attached hydrogens (tertiary/aromatic N) is 1. The molecule has 0 amide bonds. The molecule has 1 N–H and O–H groups in total. The summed E-state index contributed by atoms with van der Waals surface area (Å²) in [4.78, 5) is 2.28. The fraction of sp³-hybridized carbons (Fsp3) is 0.625. The van der Waals surface area contributed by atoms with Crippen molar-refractivity contribution in [3.63, 3.8) is 0 Å². The van der Waals surface area contributed by atoms with E-state index >= 15 is 0 Å². The van der Waals surface area contributed by atoms with Crippen LogP contribution in [-0.2, 0) is 6.54 Å². The predicted molar refractivity (Wildman–Crippen MR) is 81.0 cm³/mol. The maximum Gasteiger partial charge on any atom is 0.142 e. The SMILES string of the molecule is CCCCN(C)c1ccc(CNC2CC2)cc1OC.